The topological polar surface area (TPSA) is 165 Å². The largest absolute Gasteiger partial charge is 0.462 e. The summed E-state index contributed by atoms with van der Waals surface area (Å²) in [4.78, 5) is 25.2. The minimum atomic E-state index is -4.28. The summed E-state index contributed by atoms with van der Waals surface area (Å²) in [6.07, 6.45) is 0.194. The lowest BCUT2D eigenvalue weighted by Gasteiger charge is -2.26. The van der Waals surface area contributed by atoms with Gasteiger partial charge in [-0.2, -0.15) is 15.1 Å². The SMILES string of the molecule is CCNc1nc(N)nc2c1ncn2[C@@H]1O[C@](F)(COP(=O)(N[C@@H](C)C(=O)OC(C)C)Oc2ccccc2)C[C@@H]1C. The molecular weight excluding hydrogens is 544 g/mol. The molecule has 2 aromatic heterocycles. The van der Waals surface area contributed by atoms with E-state index in [4.69, 9.17) is 24.3 Å². The van der Waals surface area contributed by atoms with Crippen LogP contribution in [0.5, 0.6) is 5.75 Å². The van der Waals surface area contributed by atoms with Gasteiger partial charge in [-0.25, -0.2) is 13.9 Å². The number of ether oxygens (including phenoxy) is 2. The number of anilines is 2. The van der Waals surface area contributed by atoms with E-state index in [-0.39, 0.29) is 30.1 Å². The molecule has 1 unspecified atom stereocenters. The van der Waals surface area contributed by atoms with Crippen LogP contribution in [0.15, 0.2) is 36.7 Å². The van der Waals surface area contributed by atoms with Crippen molar-refractivity contribution in [1.82, 2.24) is 24.6 Å². The molecule has 0 spiro atoms. The number of fused-ring (bicyclic) bond motifs is 1. The van der Waals surface area contributed by atoms with Gasteiger partial charge in [-0.1, -0.05) is 25.1 Å². The van der Waals surface area contributed by atoms with Crippen LogP contribution in [0.2, 0.25) is 0 Å². The minimum Gasteiger partial charge on any atom is -0.462 e. The first-order chi connectivity index (χ1) is 18.9. The molecule has 0 saturated carbocycles. The number of nitrogens with zero attached hydrogens (tertiary/aromatic N) is 4. The van der Waals surface area contributed by atoms with E-state index in [1.54, 1.807) is 55.7 Å². The number of nitrogens with two attached hydrogens (primary N) is 1. The van der Waals surface area contributed by atoms with Crippen molar-refractivity contribution in [2.24, 2.45) is 5.92 Å². The van der Waals surface area contributed by atoms with Gasteiger partial charge >= 0.3 is 13.7 Å². The van der Waals surface area contributed by atoms with E-state index in [0.29, 0.717) is 23.5 Å². The first-order valence-electron chi connectivity index (χ1n) is 13.0. The molecule has 0 amide bonds. The van der Waals surface area contributed by atoms with Gasteiger partial charge in [0.1, 0.15) is 24.6 Å². The van der Waals surface area contributed by atoms with Crippen LogP contribution in [-0.4, -0.2) is 56.6 Å². The van der Waals surface area contributed by atoms with Crippen molar-refractivity contribution < 1.29 is 32.3 Å². The molecule has 0 bridgehead atoms. The van der Waals surface area contributed by atoms with E-state index >= 15 is 4.39 Å². The van der Waals surface area contributed by atoms with E-state index in [1.807, 2.05) is 6.92 Å². The zero-order valence-electron chi connectivity index (χ0n) is 23.0. The van der Waals surface area contributed by atoms with Gasteiger partial charge in [0.05, 0.1) is 12.4 Å². The molecule has 1 fully saturated rings. The summed E-state index contributed by atoms with van der Waals surface area (Å²) >= 11 is 0. The molecule has 218 valence electrons. The van der Waals surface area contributed by atoms with Gasteiger partial charge < -0.3 is 25.0 Å². The van der Waals surface area contributed by atoms with Crippen LogP contribution in [0.25, 0.3) is 11.2 Å². The van der Waals surface area contributed by atoms with Crippen molar-refractivity contribution in [1.29, 1.82) is 0 Å². The first-order valence-corrected chi connectivity index (χ1v) is 14.5. The highest BCUT2D eigenvalue weighted by Gasteiger charge is 2.49. The Kier molecular flexibility index (Phi) is 8.93. The van der Waals surface area contributed by atoms with E-state index in [1.165, 1.54) is 13.3 Å². The lowest BCUT2D eigenvalue weighted by molar-refractivity contribution is -0.173. The van der Waals surface area contributed by atoms with Crippen molar-refractivity contribution >= 4 is 36.6 Å². The Morgan fingerprint density at radius 1 is 1.30 bits per heavy atom. The van der Waals surface area contributed by atoms with Crippen LogP contribution in [-0.2, 0) is 23.4 Å². The molecule has 1 aromatic carbocycles. The fourth-order valence-electron chi connectivity index (χ4n) is 4.31. The molecule has 13 nitrogen and oxygen atoms in total. The molecular formula is C25H35FN7O6P. The maximum Gasteiger partial charge on any atom is 0.459 e. The van der Waals surface area contributed by atoms with E-state index in [2.05, 4.69) is 25.4 Å². The van der Waals surface area contributed by atoms with Gasteiger partial charge in [0.25, 0.3) is 0 Å². The van der Waals surface area contributed by atoms with Gasteiger partial charge in [0, 0.05) is 18.9 Å². The van der Waals surface area contributed by atoms with Crippen LogP contribution in [0.1, 0.15) is 47.3 Å². The maximum absolute atomic E-state index is 16.1. The number of hydrogen-bond acceptors (Lipinski definition) is 11. The third-order valence-corrected chi connectivity index (χ3v) is 7.60. The fraction of sp³-hybridized carbons (Fsp3) is 0.520. The van der Waals surface area contributed by atoms with Crippen molar-refractivity contribution in [2.45, 2.75) is 65.3 Å². The molecule has 3 aromatic rings. The third-order valence-electron chi connectivity index (χ3n) is 5.98. The average Bonchev–Trinajstić information content (AvgIpc) is 3.43. The highest BCUT2D eigenvalue weighted by molar-refractivity contribution is 7.52. The van der Waals surface area contributed by atoms with Crippen molar-refractivity contribution in [2.75, 3.05) is 24.2 Å². The zero-order chi connectivity index (χ0) is 29.1. The standard InChI is InChI=1S/C25H35FN7O6P/c1-6-28-20-19-21(31-24(27)30-20)33(14-29-19)22-16(4)12-25(26,38-22)13-36-40(35,39-18-10-8-7-9-11-18)32-17(5)23(34)37-15(2)3/h7-11,14-17,22H,6,12-13H2,1-5H3,(H,32,35)(H3,27,28,30,31)/t16-,17-,22+,25-,40?/m0/s1. The summed E-state index contributed by atoms with van der Waals surface area (Å²) in [6, 6.07) is 7.14. The van der Waals surface area contributed by atoms with E-state index < -0.39 is 38.4 Å². The lowest BCUT2D eigenvalue weighted by Crippen LogP contribution is -2.37. The predicted octanol–water partition coefficient (Wildman–Crippen LogP) is 4.19. The third kappa shape index (κ3) is 6.87. The predicted molar refractivity (Wildman–Crippen MR) is 146 cm³/mol. The molecule has 15 heteroatoms. The number of nitrogens with one attached hydrogen (secondary N) is 2. The molecule has 3 heterocycles. The van der Waals surface area contributed by atoms with Crippen LogP contribution in [0.3, 0.4) is 0 Å². The highest BCUT2D eigenvalue weighted by Crippen LogP contribution is 2.49. The Morgan fingerprint density at radius 3 is 2.70 bits per heavy atom. The van der Waals surface area contributed by atoms with Crippen LogP contribution < -0.4 is 20.7 Å². The summed E-state index contributed by atoms with van der Waals surface area (Å²) in [6.45, 7) is 8.38. The van der Waals surface area contributed by atoms with Crippen molar-refractivity contribution in [3.63, 3.8) is 0 Å². The summed E-state index contributed by atoms with van der Waals surface area (Å²) in [7, 11) is -4.28. The highest BCUT2D eigenvalue weighted by atomic mass is 31.2. The first kappa shape index (κ1) is 29.7. The number of hydrogen-bond donors (Lipinski definition) is 3. The van der Waals surface area contributed by atoms with E-state index in [0.717, 1.165) is 0 Å². The van der Waals surface area contributed by atoms with Gasteiger partial charge in [-0.05, 0) is 39.8 Å². The lowest BCUT2D eigenvalue weighted by atomic mass is 10.1. The Balaban J connectivity index is 1.53. The van der Waals surface area contributed by atoms with Crippen LogP contribution in [0, 0.1) is 5.92 Å². The molecule has 4 rings (SSSR count). The number of carbonyl (C=O) groups excluding carboxylic acids is 1. The molecule has 0 radical (unpaired) electrons. The molecule has 5 atom stereocenters. The number of imidazole rings is 1. The Morgan fingerprint density at radius 2 is 2.02 bits per heavy atom. The number of esters is 1. The van der Waals surface area contributed by atoms with Crippen LogP contribution in [0.4, 0.5) is 16.2 Å². The van der Waals surface area contributed by atoms with Crippen LogP contribution >= 0.6 is 7.75 Å². The second-order valence-electron chi connectivity index (χ2n) is 9.87. The molecule has 1 aliphatic heterocycles. The van der Waals surface area contributed by atoms with Gasteiger partial charge in [0.2, 0.25) is 11.8 Å². The van der Waals surface area contributed by atoms with Gasteiger partial charge in [0.15, 0.2) is 17.0 Å². The second kappa shape index (κ2) is 12.0. The van der Waals surface area contributed by atoms with Gasteiger partial charge in [-0.15, -0.1) is 0 Å². The number of para-hydroxylation sites is 1. The molecule has 1 aliphatic rings. The quantitative estimate of drug-likeness (QED) is 0.207. The monoisotopic (exact) mass is 579 g/mol. The number of rotatable bonds is 12. The Labute approximate surface area is 231 Å². The average molecular weight is 580 g/mol. The number of benzene rings is 1. The van der Waals surface area contributed by atoms with Gasteiger partial charge in [-0.3, -0.25) is 13.9 Å². The maximum atomic E-state index is 16.1. The number of aromatic nitrogens is 4. The molecule has 0 aliphatic carbocycles. The number of nitrogen functional groups attached to an aromatic ring is 1. The van der Waals surface area contributed by atoms with Crippen molar-refractivity contribution in [3.8, 4) is 5.75 Å². The summed E-state index contributed by atoms with van der Waals surface area (Å²) in [5.74, 6) is -2.68. The number of halogens is 1. The number of carbonyl (C=O) groups is 1. The van der Waals surface area contributed by atoms with Crippen molar-refractivity contribution in [3.05, 3.63) is 36.7 Å². The summed E-state index contributed by atoms with van der Waals surface area (Å²) in [5, 5.41) is 5.63. The Bertz CT molecular complexity index is 1380. The molecule has 4 N–H and O–H groups in total. The zero-order valence-corrected chi connectivity index (χ0v) is 23.9. The summed E-state index contributed by atoms with van der Waals surface area (Å²) in [5.41, 5.74) is 6.73. The number of alkyl halides is 1. The molecule has 40 heavy (non-hydrogen) atoms. The fourth-order valence-corrected chi connectivity index (χ4v) is 5.83. The second-order valence-corrected chi connectivity index (χ2v) is 11.6. The summed E-state index contributed by atoms with van der Waals surface area (Å²) < 4.78 is 53.6. The molecule has 1 saturated heterocycles. The normalized spacial score (nSPS) is 23.2. The minimum absolute atomic E-state index is 0.0286. The van der Waals surface area contributed by atoms with E-state index in [9.17, 15) is 9.36 Å². The smallest absolute Gasteiger partial charge is 0.459 e. The Hall–Kier alpha value is -3.32.